The van der Waals surface area contributed by atoms with Crippen molar-refractivity contribution in [3.05, 3.63) is 17.5 Å². The fourth-order valence-corrected chi connectivity index (χ4v) is 1.25. The van der Waals surface area contributed by atoms with Gasteiger partial charge in [-0.1, -0.05) is 0 Å². The van der Waals surface area contributed by atoms with Gasteiger partial charge in [0.1, 0.15) is 0 Å². The number of rotatable bonds is 3. The second-order valence-electron chi connectivity index (χ2n) is 2.21. The number of thiophene rings is 1. The van der Waals surface area contributed by atoms with Gasteiger partial charge in [-0.2, -0.15) is 0 Å². The topological polar surface area (TPSA) is 32.3 Å². The van der Waals surface area contributed by atoms with Crippen molar-refractivity contribution in [2.75, 3.05) is 11.9 Å². The molecular formula is C7H11NOS. The van der Waals surface area contributed by atoms with Gasteiger partial charge < -0.3 is 10.4 Å². The van der Waals surface area contributed by atoms with Gasteiger partial charge in [-0.15, -0.1) is 11.3 Å². The summed E-state index contributed by atoms with van der Waals surface area (Å²) < 4.78 is 0. The smallest absolute Gasteiger partial charge is 0.0883 e. The van der Waals surface area contributed by atoms with E-state index in [0.717, 1.165) is 5.00 Å². The third-order valence-electron chi connectivity index (χ3n) is 1.09. The van der Waals surface area contributed by atoms with Crippen LogP contribution in [0.15, 0.2) is 17.5 Å². The Hall–Kier alpha value is -0.540. The second kappa shape index (κ2) is 3.58. The van der Waals surface area contributed by atoms with Crippen LogP contribution in [0.3, 0.4) is 0 Å². The van der Waals surface area contributed by atoms with E-state index in [1.165, 1.54) is 0 Å². The van der Waals surface area contributed by atoms with Gasteiger partial charge in [0.05, 0.1) is 11.1 Å². The van der Waals surface area contributed by atoms with E-state index in [2.05, 4.69) is 5.32 Å². The van der Waals surface area contributed by atoms with Gasteiger partial charge >= 0.3 is 0 Å². The number of anilines is 1. The van der Waals surface area contributed by atoms with Crippen molar-refractivity contribution in [3.63, 3.8) is 0 Å². The molecule has 2 N–H and O–H groups in total. The van der Waals surface area contributed by atoms with Gasteiger partial charge in [-0.25, -0.2) is 0 Å². The minimum Gasteiger partial charge on any atom is -0.392 e. The van der Waals surface area contributed by atoms with Crippen molar-refractivity contribution in [1.29, 1.82) is 0 Å². The van der Waals surface area contributed by atoms with Crippen LogP contribution in [0, 0.1) is 0 Å². The molecule has 0 saturated heterocycles. The molecule has 0 bridgehead atoms. The monoisotopic (exact) mass is 157 g/mol. The molecule has 0 aromatic carbocycles. The molecule has 10 heavy (non-hydrogen) atoms. The zero-order valence-corrected chi connectivity index (χ0v) is 6.69. The molecule has 0 aliphatic carbocycles. The van der Waals surface area contributed by atoms with E-state index < -0.39 is 0 Å². The van der Waals surface area contributed by atoms with Gasteiger partial charge in [-0.3, -0.25) is 0 Å². The van der Waals surface area contributed by atoms with Gasteiger partial charge in [0, 0.05) is 6.54 Å². The fraction of sp³-hybridized carbons (Fsp3) is 0.429. The van der Waals surface area contributed by atoms with E-state index >= 15 is 0 Å². The summed E-state index contributed by atoms with van der Waals surface area (Å²) >= 11 is 1.64. The zero-order valence-electron chi connectivity index (χ0n) is 5.87. The van der Waals surface area contributed by atoms with Gasteiger partial charge in [0.15, 0.2) is 0 Å². The first-order valence-corrected chi connectivity index (χ1v) is 4.12. The number of hydrogen-bond donors (Lipinski definition) is 2. The molecule has 0 aliphatic heterocycles. The highest BCUT2D eigenvalue weighted by Crippen LogP contribution is 2.14. The van der Waals surface area contributed by atoms with Crippen LogP contribution >= 0.6 is 11.3 Å². The minimum atomic E-state index is -0.276. The van der Waals surface area contributed by atoms with E-state index in [1.807, 2.05) is 17.5 Å². The standard InChI is InChI=1S/C7H11NOS/c1-6(9)5-8-7-3-2-4-10-7/h2-4,6,8-9H,5H2,1H3/t6-/m0/s1. The summed E-state index contributed by atoms with van der Waals surface area (Å²) in [7, 11) is 0. The maximum Gasteiger partial charge on any atom is 0.0883 e. The number of aliphatic hydroxyl groups excluding tert-OH is 1. The van der Waals surface area contributed by atoms with Crippen LogP contribution in [0.25, 0.3) is 0 Å². The summed E-state index contributed by atoms with van der Waals surface area (Å²) in [5, 5.41) is 15.1. The Labute approximate surface area is 64.5 Å². The zero-order chi connectivity index (χ0) is 7.40. The van der Waals surface area contributed by atoms with Gasteiger partial charge in [-0.05, 0) is 24.4 Å². The highest BCUT2D eigenvalue weighted by molar-refractivity contribution is 7.14. The summed E-state index contributed by atoms with van der Waals surface area (Å²) in [6.45, 7) is 2.39. The third kappa shape index (κ3) is 2.37. The lowest BCUT2D eigenvalue weighted by Crippen LogP contribution is -2.14. The van der Waals surface area contributed by atoms with Crippen molar-refractivity contribution < 1.29 is 5.11 Å². The average molecular weight is 157 g/mol. The lowest BCUT2D eigenvalue weighted by atomic mass is 10.4. The van der Waals surface area contributed by atoms with Crippen LogP contribution in [-0.4, -0.2) is 17.8 Å². The molecule has 1 aromatic heterocycles. The molecule has 0 saturated carbocycles. The molecule has 56 valence electrons. The van der Waals surface area contributed by atoms with Crippen molar-refractivity contribution in [2.24, 2.45) is 0 Å². The molecular weight excluding hydrogens is 146 g/mol. The Morgan fingerprint density at radius 2 is 2.60 bits per heavy atom. The van der Waals surface area contributed by atoms with Crippen LogP contribution in [0.2, 0.25) is 0 Å². The molecule has 1 atom stereocenters. The van der Waals surface area contributed by atoms with Gasteiger partial charge in [0.2, 0.25) is 0 Å². The predicted molar refractivity (Wildman–Crippen MR) is 44.5 cm³/mol. The third-order valence-corrected chi connectivity index (χ3v) is 1.92. The molecule has 1 aromatic rings. The van der Waals surface area contributed by atoms with Crippen molar-refractivity contribution in [3.8, 4) is 0 Å². The quantitative estimate of drug-likeness (QED) is 0.697. The lowest BCUT2D eigenvalue weighted by molar-refractivity contribution is 0.208. The maximum atomic E-state index is 8.89. The Morgan fingerprint density at radius 3 is 3.10 bits per heavy atom. The number of aliphatic hydroxyl groups is 1. The van der Waals surface area contributed by atoms with Crippen molar-refractivity contribution >= 4 is 16.3 Å². The average Bonchev–Trinajstić information content (AvgIpc) is 2.34. The molecule has 0 radical (unpaired) electrons. The molecule has 0 aliphatic rings. The van der Waals surface area contributed by atoms with Crippen molar-refractivity contribution in [1.82, 2.24) is 0 Å². The Bertz CT molecular complexity index is 172. The first-order valence-electron chi connectivity index (χ1n) is 3.24. The maximum absolute atomic E-state index is 8.89. The van der Waals surface area contributed by atoms with Crippen LogP contribution in [0.5, 0.6) is 0 Å². The molecule has 1 rings (SSSR count). The highest BCUT2D eigenvalue weighted by Gasteiger charge is 1.94. The van der Waals surface area contributed by atoms with E-state index in [9.17, 15) is 0 Å². The van der Waals surface area contributed by atoms with Crippen LogP contribution < -0.4 is 5.32 Å². The SMILES string of the molecule is C[C@H](O)CNc1cccs1. The first-order chi connectivity index (χ1) is 4.79. The Balaban J connectivity index is 2.28. The summed E-state index contributed by atoms with van der Waals surface area (Å²) in [5.41, 5.74) is 0. The van der Waals surface area contributed by atoms with Crippen LogP contribution in [0.1, 0.15) is 6.92 Å². The summed E-state index contributed by atoms with van der Waals surface area (Å²) in [5.74, 6) is 0. The lowest BCUT2D eigenvalue weighted by Gasteiger charge is -2.04. The van der Waals surface area contributed by atoms with E-state index in [-0.39, 0.29) is 6.10 Å². The summed E-state index contributed by atoms with van der Waals surface area (Å²) in [4.78, 5) is 0. The summed E-state index contributed by atoms with van der Waals surface area (Å²) in [6.07, 6.45) is -0.276. The molecule has 3 heteroatoms. The molecule has 0 amide bonds. The number of hydrogen-bond acceptors (Lipinski definition) is 3. The molecule has 2 nitrogen and oxygen atoms in total. The van der Waals surface area contributed by atoms with Crippen LogP contribution in [-0.2, 0) is 0 Å². The van der Waals surface area contributed by atoms with E-state index in [1.54, 1.807) is 18.3 Å². The van der Waals surface area contributed by atoms with E-state index in [4.69, 9.17) is 5.11 Å². The predicted octanol–water partition coefficient (Wildman–Crippen LogP) is 1.54. The Morgan fingerprint density at radius 1 is 1.80 bits per heavy atom. The Kier molecular flexibility index (Phi) is 2.71. The van der Waals surface area contributed by atoms with Gasteiger partial charge in [0.25, 0.3) is 0 Å². The minimum absolute atomic E-state index is 0.276. The highest BCUT2D eigenvalue weighted by atomic mass is 32.1. The van der Waals surface area contributed by atoms with Crippen LogP contribution in [0.4, 0.5) is 5.00 Å². The number of nitrogens with one attached hydrogen (secondary N) is 1. The molecule has 1 heterocycles. The molecule has 0 fully saturated rings. The molecule has 0 unspecified atom stereocenters. The normalized spacial score (nSPS) is 13.0. The second-order valence-corrected chi connectivity index (χ2v) is 3.15. The fourth-order valence-electron chi connectivity index (χ4n) is 0.627. The first kappa shape index (κ1) is 7.57. The van der Waals surface area contributed by atoms with Crippen molar-refractivity contribution in [2.45, 2.75) is 13.0 Å². The summed E-state index contributed by atoms with van der Waals surface area (Å²) in [6, 6.07) is 3.97. The molecule has 0 spiro atoms. The van der Waals surface area contributed by atoms with E-state index in [0.29, 0.717) is 6.54 Å². The largest absolute Gasteiger partial charge is 0.392 e.